The molecule has 0 radical (unpaired) electrons. The second kappa shape index (κ2) is 8.38. The monoisotopic (exact) mass is 417 g/mol. The number of ether oxygens (including phenoxy) is 1. The Balaban J connectivity index is 1.24. The number of carbonyl (C=O) groups is 1. The van der Waals surface area contributed by atoms with Crippen LogP contribution in [0.1, 0.15) is 28.8 Å². The molecule has 0 unspecified atom stereocenters. The Morgan fingerprint density at radius 1 is 1.06 bits per heavy atom. The van der Waals surface area contributed by atoms with Crippen molar-refractivity contribution in [2.45, 2.75) is 25.4 Å². The molecule has 1 aromatic heterocycles. The van der Waals surface area contributed by atoms with E-state index in [0.29, 0.717) is 29.8 Å². The molecule has 1 fully saturated rings. The van der Waals surface area contributed by atoms with Gasteiger partial charge in [0, 0.05) is 54.3 Å². The first kappa shape index (κ1) is 19.5. The van der Waals surface area contributed by atoms with Crippen LogP contribution in [0.3, 0.4) is 0 Å². The van der Waals surface area contributed by atoms with Crippen molar-refractivity contribution in [1.29, 1.82) is 0 Å². The summed E-state index contributed by atoms with van der Waals surface area (Å²) in [4.78, 5) is 19.0. The fourth-order valence-electron chi connectivity index (χ4n) is 4.34. The van der Waals surface area contributed by atoms with Gasteiger partial charge in [-0.2, -0.15) is 0 Å². The molecule has 0 spiro atoms. The maximum atomic E-state index is 14.4. The van der Waals surface area contributed by atoms with Crippen molar-refractivity contribution in [3.05, 3.63) is 77.9 Å². The van der Waals surface area contributed by atoms with Gasteiger partial charge in [-0.3, -0.25) is 9.78 Å². The average molecular weight is 417 g/mol. The molecule has 0 aliphatic carbocycles. The number of hydrogen-bond acceptors (Lipinski definition) is 4. The minimum absolute atomic E-state index is 0.151. The van der Waals surface area contributed by atoms with Crippen LogP contribution in [0.5, 0.6) is 5.75 Å². The third-order valence-corrected chi connectivity index (χ3v) is 6.00. The predicted octanol–water partition coefficient (Wildman–Crippen LogP) is 4.22. The van der Waals surface area contributed by atoms with Gasteiger partial charge < -0.3 is 15.0 Å². The van der Waals surface area contributed by atoms with E-state index in [4.69, 9.17) is 4.74 Å². The number of halogens is 1. The van der Waals surface area contributed by atoms with Crippen LogP contribution in [0.15, 0.2) is 60.9 Å². The second-order valence-corrected chi connectivity index (χ2v) is 8.03. The highest BCUT2D eigenvalue weighted by Crippen LogP contribution is 2.40. The Morgan fingerprint density at radius 2 is 1.81 bits per heavy atom. The first-order chi connectivity index (χ1) is 15.2. The Bertz CT molecular complexity index is 1080. The maximum Gasteiger partial charge on any atom is 0.251 e. The molecule has 3 heterocycles. The second-order valence-electron chi connectivity index (χ2n) is 8.03. The number of benzene rings is 2. The van der Waals surface area contributed by atoms with E-state index in [2.05, 4.69) is 15.2 Å². The topological polar surface area (TPSA) is 54.5 Å². The van der Waals surface area contributed by atoms with Gasteiger partial charge in [0.05, 0.1) is 6.54 Å². The number of amides is 1. The summed E-state index contributed by atoms with van der Waals surface area (Å²) in [5.74, 6) is 0.127. The number of hydrogen-bond donors (Lipinski definition) is 1. The van der Waals surface area contributed by atoms with Gasteiger partial charge in [0.15, 0.2) is 0 Å². The molecule has 3 aromatic rings. The standard InChI is InChI=1S/C25H24FN3O2/c26-23-8-7-21(17-9-11-27-12-10-17)24-22(23)15-20(31-24)16-28-25(30)18-3-5-19(6-4-18)29-13-1-2-14-29/h3-12,20H,1-2,13-16H2,(H,28,30)/t20-/m0/s1. The lowest BCUT2D eigenvalue weighted by Crippen LogP contribution is -2.34. The highest BCUT2D eigenvalue weighted by atomic mass is 19.1. The molecule has 1 amide bonds. The van der Waals surface area contributed by atoms with Gasteiger partial charge in [0.25, 0.3) is 5.91 Å². The van der Waals surface area contributed by atoms with E-state index >= 15 is 0 Å². The highest BCUT2D eigenvalue weighted by molar-refractivity contribution is 5.94. The minimum Gasteiger partial charge on any atom is -0.487 e. The lowest BCUT2D eigenvalue weighted by molar-refractivity contribution is 0.0933. The van der Waals surface area contributed by atoms with Crippen LogP contribution in [0, 0.1) is 5.82 Å². The zero-order valence-corrected chi connectivity index (χ0v) is 17.2. The van der Waals surface area contributed by atoms with E-state index in [1.165, 1.54) is 18.9 Å². The summed E-state index contributed by atoms with van der Waals surface area (Å²) >= 11 is 0. The molecule has 2 aliphatic rings. The van der Waals surface area contributed by atoms with E-state index in [9.17, 15) is 9.18 Å². The number of anilines is 1. The van der Waals surface area contributed by atoms with Crippen LogP contribution in [0.4, 0.5) is 10.1 Å². The third-order valence-electron chi connectivity index (χ3n) is 6.00. The Hall–Kier alpha value is -3.41. The van der Waals surface area contributed by atoms with Gasteiger partial charge in [-0.05, 0) is 66.9 Å². The van der Waals surface area contributed by atoms with Crippen molar-refractivity contribution in [3.63, 3.8) is 0 Å². The van der Waals surface area contributed by atoms with Crippen LogP contribution in [-0.2, 0) is 6.42 Å². The Kier molecular flexibility index (Phi) is 5.28. The summed E-state index contributed by atoms with van der Waals surface area (Å²) < 4.78 is 20.5. The quantitative estimate of drug-likeness (QED) is 0.675. The van der Waals surface area contributed by atoms with Crippen molar-refractivity contribution in [2.75, 3.05) is 24.5 Å². The lowest BCUT2D eigenvalue weighted by atomic mass is 10.0. The number of nitrogens with one attached hydrogen (secondary N) is 1. The number of carbonyl (C=O) groups excluding carboxylic acids is 1. The van der Waals surface area contributed by atoms with Crippen LogP contribution in [-0.4, -0.2) is 36.6 Å². The predicted molar refractivity (Wildman–Crippen MR) is 118 cm³/mol. The van der Waals surface area contributed by atoms with Crippen LogP contribution >= 0.6 is 0 Å². The molecule has 158 valence electrons. The number of aromatic nitrogens is 1. The van der Waals surface area contributed by atoms with Crippen LogP contribution in [0.25, 0.3) is 11.1 Å². The molecule has 2 aliphatic heterocycles. The Morgan fingerprint density at radius 3 is 2.55 bits per heavy atom. The van der Waals surface area contributed by atoms with E-state index in [1.807, 2.05) is 36.4 Å². The van der Waals surface area contributed by atoms with E-state index in [0.717, 1.165) is 29.9 Å². The van der Waals surface area contributed by atoms with Crippen LogP contribution < -0.4 is 15.0 Å². The van der Waals surface area contributed by atoms with Gasteiger partial charge in [0.1, 0.15) is 17.7 Å². The van der Waals surface area contributed by atoms with Gasteiger partial charge in [-0.15, -0.1) is 0 Å². The smallest absolute Gasteiger partial charge is 0.251 e. The van der Waals surface area contributed by atoms with Crippen molar-refractivity contribution in [3.8, 4) is 16.9 Å². The lowest BCUT2D eigenvalue weighted by Gasteiger charge is -2.18. The zero-order chi connectivity index (χ0) is 21.2. The first-order valence-corrected chi connectivity index (χ1v) is 10.7. The largest absolute Gasteiger partial charge is 0.487 e. The molecule has 5 nitrogen and oxygen atoms in total. The molecule has 5 rings (SSSR count). The van der Waals surface area contributed by atoms with Crippen LogP contribution in [0.2, 0.25) is 0 Å². The SMILES string of the molecule is O=C(NC[C@@H]1Cc2c(F)ccc(-c3ccncc3)c2O1)c1ccc(N2CCCC2)cc1. The van der Waals surface area contributed by atoms with E-state index < -0.39 is 0 Å². The number of fused-ring (bicyclic) bond motifs is 1. The molecule has 1 saturated heterocycles. The fourth-order valence-corrected chi connectivity index (χ4v) is 4.34. The van der Waals surface area contributed by atoms with Crippen molar-refractivity contribution < 1.29 is 13.9 Å². The van der Waals surface area contributed by atoms with Gasteiger partial charge in [0.2, 0.25) is 0 Å². The molecule has 31 heavy (non-hydrogen) atoms. The zero-order valence-electron chi connectivity index (χ0n) is 17.2. The van der Waals surface area contributed by atoms with Gasteiger partial charge >= 0.3 is 0 Å². The highest BCUT2D eigenvalue weighted by Gasteiger charge is 2.29. The average Bonchev–Trinajstić information content (AvgIpc) is 3.49. The van der Waals surface area contributed by atoms with Gasteiger partial charge in [-0.25, -0.2) is 4.39 Å². The summed E-state index contributed by atoms with van der Waals surface area (Å²) in [6.07, 6.45) is 5.96. The normalized spacial score (nSPS) is 17.3. The molecule has 0 saturated carbocycles. The summed E-state index contributed by atoms with van der Waals surface area (Å²) in [5.41, 5.74) is 4.09. The minimum atomic E-state index is -0.305. The van der Waals surface area contributed by atoms with Crippen molar-refractivity contribution in [2.24, 2.45) is 0 Å². The molecule has 1 atom stereocenters. The number of nitrogens with zero attached hydrogens (tertiary/aromatic N) is 2. The first-order valence-electron chi connectivity index (χ1n) is 10.7. The fraction of sp³-hybridized carbons (Fsp3) is 0.280. The number of rotatable bonds is 5. The molecule has 2 aromatic carbocycles. The third kappa shape index (κ3) is 3.98. The van der Waals surface area contributed by atoms with Gasteiger partial charge in [-0.1, -0.05) is 0 Å². The van der Waals surface area contributed by atoms with E-state index in [-0.39, 0.29) is 17.8 Å². The summed E-state index contributed by atoms with van der Waals surface area (Å²) in [6, 6.07) is 14.7. The summed E-state index contributed by atoms with van der Waals surface area (Å²) in [5, 5.41) is 2.93. The molecular weight excluding hydrogens is 393 g/mol. The van der Waals surface area contributed by atoms with Crippen molar-refractivity contribution >= 4 is 11.6 Å². The Labute approximate surface area is 180 Å². The molecular formula is C25H24FN3O2. The molecule has 1 N–H and O–H groups in total. The number of pyridine rings is 1. The van der Waals surface area contributed by atoms with E-state index in [1.54, 1.807) is 18.5 Å². The molecule has 6 heteroatoms. The maximum absolute atomic E-state index is 14.4. The molecule has 0 bridgehead atoms. The summed E-state index contributed by atoms with van der Waals surface area (Å²) in [6.45, 7) is 2.46. The summed E-state index contributed by atoms with van der Waals surface area (Å²) in [7, 11) is 0. The van der Waals surface area contributed by atoms with Crippen molar-refractivity contribution in [1.82, 2.24) is 10.3 Å².